The highest BCUT2D eigenvalue weighted by Crippen LogP contribution is 2.17. The molecule has 3 rings (SSSR count). The normalized spacial score (nSPS) is 15.1. The lowest BCUT2D eigenvalue weighted by Crippen LogP contribution is -2.36. The first-order chi connectivity index (χ1) is 11.2. The second-order valence-corrected chi connectivity index (χ2v) is 5.29. The highest BCUT2D eigenvalue weighted by atomic mass is 16.5. The van der Waals surface area contributed by atoms with Crippen LogP contribution in [0.5, 0.6) is 0 Å². The predicted molar refractivity (Wildman–Crippen MR) is 88.1 cm³/mol. The zero-order chi connectivity index (χ0) is 16.1. The number of hydrogen-bond donors (Lipinski definition) is 1. The number of nitrogens with one attached hydrogen (secondary N) is 1. The van der Waals surface area contributed by atoms with Gasteiger partial charge in [-0.1, -0.05) is 17.3 Å². The molecule has 0 radical (unpaired) electrons. The number of benzene rings is 1. The van der Waals surface area contributed by atoms with Gasteiger partial charge in [-0.25, -0.2) is 0 Å². The summed E-state index contributed by atoms with van der Waals surface area (Å²) >= 11 is 0. The molecule has 7 heteroatoms. The van der Waals surface area contributed by atoms with E-state index in [1.807, 2.05) is 12.1 Å². The molecule has 1 amide bonds. The Hall–Kier alpha value is -2.67. The van der Waals surface area contributed by atoms with Crippen molar-refractivity contribution in [3.05, 3.63) is 42.1 Å². The van der Waals surface area contributed by atoms with Crippen LogP contribution in [0, 0.1) is 0 Å². The quantitative estimate of drug-likeness (QED) is 0.862. The summed E-state index contributed by atoms with van der Waals surface area (Å²) in [4.78, 5) is 14.1. The summed E-state index contributed by atoms with van der Waals surface area (Å²) in [5, 5.41) is 10.2. The van der Waals surface area contributed by atoms with Crippen molar-refractivity contribution in [1.82, 2.24) is 15.0 Å². The van der Waals surface area contributed by atoms with Crippen LogP contribution in [0.4, 0.5) is 11.5 Å². The average molecular weight is 313 g/mol. The first-order valence-electron chi connectivity index (χ1n) is 7.49. The standard InChI is InChI=1S/C16H19N5O2/c1-20-12-15(18-19-20)17-16(22)7-4-13-2-5-14(6-3-13)21-8-10-23-11-9-21/h2-7,12H,8-11H2,1H3,(H,17,22). The molecule has 23 heavy (non-hydrogen) atoms. The van der Waals surface area contributed by atoms with Crippen molar-refractivity contribution in [3.63, 3.8) is 0 Å². The van der Waals surface area contributed by atoms with Crippen molar-refractivity contribution in [1.29, 1.82) is 0 Å². The van der Waals surface area contributed by atoms with E-state index in [0.717, 1.165) is 31.9 Å². The van der Waals surface area contributed by atoms with Gasteiger partial charge in [0.05, 0.1) is 19.4 Å². The zero-order valence-corrected chi connectivity index (χ0v) is 13.0. The Bertz CT molecular complexity index is 687. The average Bonchev–Trinajstić information content (AvgIpc) is 2.99. The van der Waals surface area contributed by atoms with Crippen molar-refractivity contribution in [2.24, 2.45) is 7.05 Å². The van der Waals surface area contributed by atoms with Crippen molar-refractivity contribution in [2.45, 2.75) is 0 Å². The van der Waals surface area contributed by atoms with Crippen LogP contribution in [0.15, 0.2) is 36.5 Å². The Morgan fingerprint density at radius 3 is 2.65 bits per heavy atom. The van der Waals surface area contributed by atoms with Gasteiger partial charge >= 0.3 is 0 Å². The van der Waals surface area contributed by atoms with Crippen molar-refractivity contribution in [2.75, 3.05) is 36.5 Å². The molecular formula is C16H19N5O2. The molecule has 7 nitrogen and oxygen atoms in total. The maximum absolute atomic E-state index is 11.8. The third kappa shape index (κ3) is 4.17. The molecule has 1 fully saturated rings. The van der Waals surface area contributed by atoms with Gasteiger partial charge in [0.1, 0.15) is 0 Å². The first-order valence-corrected chi connectivity index (χ1v) is 7.49. The molecule has 1 saturated heterocycles. The van der Waals surface area contributed by atoms with E-state index in [1.54, 1.807) is 19.3 Å². The zero-order valence-electron chi connectivity index (χ0n) is 13.0. The largest absolute Gasteiger partial charge is 0.378 e. The van der Waals surface area contributed by atoms with Crippen LogP contribution in [-0.2, 0) is 16.6 Å². The molecule has 0 aliphatic carbocycles. The third-order valence-corrected chi connectivity index (χ3v) is 3.55. The van der Waals surface area contributed by atoms with Crippen molar-refractivity contribution < 1.29 is 9.53 Å². The summed E-state index contributed by atoms with van der Waals surface area (Å²) in [6, 6.07) is 8.12. The van der Waals surface area contributed by atoms with Crippen molar-refractivity contribution >= 4 is 23.5 Å². The van der Waals surface area contributed by atoms with Crippen LogP contribution in [0.2, 0.25) is 0 Å². The van der Waals surface area contributed by atoms with E-state index >= 15 is 0 Å². The highest BCUT2D eigenvalue weighted by Gasteiger charge is 2.10. The molecule has 0 bridgehead atoms. The summed E-state index contributed by atoms with van der Waals surface area (Å²) in [6.45, 7) is 3.36. The number of anilines is 2. The monoisotopic (exact) mass is 313 g/mol. The van der Waals surface area contributed by atoms with E-state index in [-0.39, 0.29) is 5.91 Å². The lowest BCUT2D eigenvalue weighted by Gasteiger charge is -2.28. The van der Waals surface area contributed by atoms with Crippen LogP contribution < -0.4 is 10.2 Å². The number of morpholine rings is 1. The van der Waals surface area contributed by atoms with Gasteiger partial charge in [-0.05, 0) is 23.8 Å². The number of nitrogens with zero attached hydrogens (tertiary/aromatic N) is 4. The van der Waals surface area contributed by atoms with Gasteiger partial charge in [0, 0.05) is 31.9 Å². The Morgan fingerprint density at radius 2 is 2.00 bits per heavy atom. The fourth-order valence-electron chi connectivity index (χ4n) is 2.36. The minimum Gasteiger partial charge on any atom is -0.378 e. The molecule has 1 aromatic carbocycles. The van der Waals surface area contributed by atoms with Gasteiger partial charge in [-0.2, -0.15) is 0 Å². The first kappa shape index (κ1) is 15.2. The summed E-state index contributed by atoms with van der Waals surface area (Å²) in [5.74, 6) is 0.201. The molecule has 0 unspecified atom stereocenters. The van der Waals surface area contributed by atoms with E-state index in [4.69, 9.17) is 4.74 Å². The minimum atomic E-state index is -0.234. The summed E-state index contributed by atoms with van der Waals surface area (Å²) in [6.07, 6.45) is 4.90. The Kier molecular flexibility index (Phi) is 4.68. The molecule has 2 aromatic rings. The van der Waals surface area contributed by atoms with Gasteiger partial charge in [-0.3, -0.25) is 9.48 Å². The summed E-state index contributed by atoms with van der Waals surface area (Å²) in [5.41, 5.74) is 2.14. The number of aryl methyl sites for hydroxylation is 1. The van der Waals surface area contributed by atoms with Crippen LogP contribution >= 0.6 is 0 Å². The van der Waals surface area contributed by atoms with Gasteiger partial charge < -0.3 is 15.0 Å². The van der Waals surface area contributed by atoms with Gasteiger partial charge in [0.25, 0.3) is 0 Å². The topological polar surface area (TPSA) is 72.3 Å². The van der Waals surface area contributed by atoms with E-state index in [0.29, 0.717) is 5.82 Å². The molecule has 1 aromatic heterocycles. The van der Waals surface area contributed by atoms with Crippen LogP contribution in [0.25, 0.3) is 6.08 Å². The van der Waals surface area contributed by atoms with Crippen LogP contribution in [0.3, 0.4) is 0 Å². The van der Waals surface area contributed by atoms with Crippen LogP contribution in [0.1, 0.15) is 5.56 Å². The Balaban J connectivity index is 1.57. The molecule has 1 aliphatic rings. The summed E-state index contributed by atoms with van der Waals surface area (Å²) in [7, 11) is 1.74. The second kappa shape index (κ2) is 7.06. The fourth-order valence-corrected chi connectivity index (χ4v) is 2.36. The Labute approximate surface area is 134 Å². The number of rotatable bonds is 4. The lowest BCUT2D eigenvalue weighted by atomic mass is 10.1. The number of carbonyl (C=O) groups excluding carboxylic acids is 1. The predicted octanol–water partition coefficient (Wildman–Crippen LogP) is 1.30. The van der Waals surface area contributed by atoms with Crippen molar-refractivity contribution in [3.8, 4) is 0 Å². The molecule has 2 heterocycles. The molecule has 0 atom stereocenters. The smallest absolute Gasteiger partial charge is 0.249 e. The van der Waals surface area contributed by atoms with E-state index in [9.17, 15) is 4.79 Å². The number of hydrogen-bond acceptors (Lipinski definition) is 5. The van der Waals surface area contributed by atoms with Gasteiger partial charge in [0.2, 0.25) is 5.91 Å². The van der Waals surface area contributed by atoms with Crippen LogP contribution in [-0.4, -0.2) is 47.2 Å². The molecule has 0 saturated carbocycles. The van der Waals surface area contributed by atoms with Gasteiger partial charge in [-0.15, -0.1) is 5.10 Å². The number of carbonyl (C=O) groups is 1. The maximum atomic E-state index is 11.8. The lowest BCUT2D eigenvalue weighted by molar-refractivity contribution is -0.111. The summed E-state index contributed by atoms with van der Waals surface area (Å²) < 4.78 is 6.88. The van der Waals surface area contributed by atoms with E-state index in [1.165, 1.54) is 16.4 Å². The number of ether oxygens (including phenoxy) is 1. The molecule has 0 spiro atoms. The SMILES string of the molecule is Cn1cc(NC(=O)C=Cc2ccc(N3CCOCC3)cc2)nn1. The molecule has 1 N–H and O–H groups in total. The van der Waals surface area contributed by atoms with E-state index in [2.05, 4.69) is 32.7 Å². The van der Waals surface area contributed by atoms with Gasteiger partial charge in [0.15, 0.2) is 5.82 Å². The maximum Gasteiger partial charge on any atom is 0.249 e. The fraction of sp³-hybridized carbons (Fsp3) is 0.312. The number of aromatic nitrogens is 3. The molecule has 120 valence electrons. The number of amides is 1. The third-order valence-electron chi connectivity index (χ3n) is 3.55. The van der Waals surface area contributed by atoms with E-state index < -0.39 is 0 Å². The molecule has 1 aliphatic heterocycles. The molecular weight excluding hydrogens is 294 g/mol. The minimum absolute atomic E-state index is 0.234. The second-order valence-electron chi connectivity index (χ2n) is 5.29. The highest BCUT2D eigenvalue weighted by molar-refractivity contribution is 6.01. The Morgan fingerprint density at radius 1 is 1.26 bits per heavy atom.